The summed E-state index contributed by atoms with van der Waals surface area (Å²) in [6.07, 6.45) is -4.03. The molecule has 46 heavy (non-hydrogen) atoms. The fraction of sp³-hybridized carbons (Fsp3) is 0.857. The van der Waals surface area contributed by atoms with Gasteiger partial charge in [0.15, 0.2) is 24.5 Å². The van der Waals surface area contributed by atoms with Crippen LogP contribution in [0.15, 0.2) is 0 Å². The fourth-order valence-corrected chi connectivity index (χ4v) is 5.24. The van der Waals surface area contributed by atoms with Crippen LogP contribution in [0.3, 0.4) is 0 Å². The molecular formula is C35H59NO10. The topological polar surface area (TPSA) is 135 Å². The predicted octanol–water partition coefficient (Wildman–Crippen LogP) is 5.40. The van der Waals surface area contributed by atoms with E-state index >= 15 is 0 Å². The normalized spacial score (nSPS) is 28.3. The Bertz CT molecular complexity index is 1120. The van der Waals surface area contributed by atoms with Gasteiger partial charge in [0.05, 0.1) is 21.7 Å². The summed E-state index contributed by atoms with van der Waals surface area (Å²) in [5, 5.41) is 0. The number of carbonyl (C=O) groups is 5. The third-order valence-corrected chi connectivity index (χ3v) is 8.00. The Balaban J connectivity index is 2.83. The zero-order valence-corrected chi connectivity index (χ0v) is 30.6. The van der Waals surface area contributed by atoms with Gasteiger partial charge in [-0.25, -0.2) is 0 Å². The first-order valence-electron chi connectivity index (χ1n) is 16.5. The number of rotatable bonds is 8. The molecule has 264 valence electrons. The van der Waals surface area contributed by atoms with Crippen molar-refractivity contribution in [1.29, 1.82) is 0 Å². The maximum Gasteiger partial charge on any atom is 0.311 e. The average molecular weight is 654 g/mol. The van der Waals surface area contributed by atoms with Crippen molar-refractivity contribution >= 4 is 29.7 Å². The van der Waals surface area contributed by atoms with E-state index < -0.39 is 76.2 Å². The first-order chi connectivity index (χ1) is 20.8. The quantitative estimate of drug-likeness (QED) is 0.246. The average Bonchev–Trinajstić information content (AvgIpc) is 2.87. The Labute approximate surface area is 275 Å². The van der Waals surface area contributed by atoms with E-state index in [4.69, 9.17) is 23.7 Å². The van der Waals surface area contributed by atoms with Gasteiger partial charge in [-0.1, -0.05) is 13.3 Å². The van der Waals surface area contributed by atoms with Crippen LogP contribution < -0.4 is 0 Å². The highest BCUT2D eigenvalue weighted by molar-refractivity contribution is 5.80. The van der Waals surface area contributed by atoms with E-state index in [0.717, 1.165) is 6.42 Å². The second kappa shape index (κ2) is 14.7. The minimum absolute atomic E-state index is 0.115. The Morgan fingerprint density at radius 2 is 1.13 bits per heavy atom. The van der Waals surface area contributed by atoms with Crippen LogP contribution in [0.25, 0.3) is 0 Å². The Hall–Kier alpha value is -2.53. The van der Waals surface area contributed by atoms with Gasteiger partial charge < -0.3 is 23.7 Å². The second-order valence-corrected chi connectivity index (χ2v) is 17.0. The maximum atomic E-state index is 13.6. The summed E-state index contributed by atoms with van der Waals surface area (Å²) in [6, 6.07) is -0.573. The molecule has 0 radical (unpaired) electrons. The molecule has 11 nitrogen and oxygen atoms in total. The van der Waals surface area contributed by atoms with Crippen molar-refractivity contribution in [3.05, 3.63) is 0 Å². The lowest BCUT2D eigenvalue weighted by Crippen LogP contribution is -2.70. The number of likely N-dealkylation sites (tertiary alicyclic amines) is 1. The minimum Gasteiger partial charge on any atom is -0.462 e. The summed E-state index contributed by atoms with van der Waals surface area (Å²) in [5.74, 6) is -2.17. The molecule has 0 N–H and O–H groups in total. The van der Waals surface area contributed by atoms with Crippen LogP contribution in [0.5, 0.6) is 0 Å². The lowest BCUT2D eigenvalue weighted by molar-refractivity contribution is -0.293. The van der Waals surface area contributed by atoms with Crippen molar-refractivity contribution < 1.29 is 47.7 Å². The van der Waals surface area contributed by atoms with Gasteiger partial charge in [0, 0.05) is 24.9 Å². The molecule has 7 atom stereocenters. The first-order valence-corrected chi connectivity index (χ1v) is 16.5. The smallest absolute Gasteiger partial charge is 0.311 e. The van der Waals surface area contributed by atoms with Gasteiger partial charge >= 0.3 is 23.9 Å². The van der Waals surface area contributed by atoms with E-state index in [0.29, 0.717) is 6.42 Å². The van der Waals surface area contributed by atoms with Crippen molar-refractivity contribution in [2.45, 2.75) is 165 Å². The number of piperidine rings is 1. The standard InChI is InChI=1S/C35H59NO10/c1-15-16-21-18-22(37)17-20(2)36(21)27-26(46-31(41)35(12,13)14)25(45-30(40)34(9,10)11)24(44-29(39)33(6,7)8)23(43-27)19-42-28(38)32(3,4)5/h20-21,23-27H,15-19H2,1-14H3/t20-,21+,23+,24-,25-,26+,27+/m0/s1. The second-order valence-electron chi connectivity index (χ2n) is 17.0. The number of hydrogen-bond donors (Lipinski definition) is 0. The molecule has 0 saturated carbocycles. The van der Waals surface area contributed by atoms with Crippen LogP contribution in [-0.2, 0) is 47.7 Å². The van der Waals surface area contributed by atoms with Gasteiger partial charge in [-0.3, -0.25) is 28.9 Å². The summed E-state index contributed by atoms with van der Waals surface area (Å²) in [7, 11) is 0. The monoisotopic (exact) mass is 653 g/mol. The lowest BCUT2D eigenvalue weighted by atomic mass is 9.88. The van der Waals surface area contributed by atoms with Crippen LogP contribution in [0.4, 0.5) is 0 Å². The molecule has 11 heteroatoms. The van der Waals surface area contributed by atoms with E-state index in [1.165, 1.54) is 0 Å². The molecule has 0 spiro atoms. The Morgan fingerprint density at radius 3 is 1.57 bits per heavy atom. The third-order valence-electron chi connectivity index (χ3n) is 8.00. The SMILES string of the molecule is CCC[C@@H]1CC(=O)C[C@H](C)N1[C@@H]1O[C@H](COC(=O)C(C)(C)C)[C@H](OC(=O)C(C)(C)C)[C@H](OC(=O)C(C)(C)C)[C@H]1OC(=O)C(C)(C)C. The maximum absolute atomic E-state index is 13.6. The molecule has 0 aromatic carbocycles. The number of esters is 4. The highest BCUT2D eigenvalue weighted by atomic mass is 16.7. The molecule has 2 rings (SSSR count). The van der Waals surface area contributed by atoms with E-state index in [9.17, 15) is 24.0 Å². The Morgan fingerprint density at radius 1 is 0.696 bits per heavy atom. The summed E-state index contributed by atoms with van der Waals surface area (Å²) in [6.45, 7) is 24.0. The first kappa shape index (κ1) is 39.6. The van der Waals surface area contributed by atoms with Crippen molar-refractivity contribution in [3.8, 4) is 0 Å². The number of Topliss-reactive ketones (excluding diaryl/α,β-unsaturated/α-hetero) is 1. The van der Waals surface area contributed by atoms with Gasteiger partial charge in [-0.2, -0.15) is 0 Å². The van der Waals surface area contributed by atoms with Crippen molar-refractivity contribution in [2.75, 3.05) is 6.61 Å². The van der Waals surface area contributed by atoms with Crippen LogP contribution >= 0.6 is 0 Å². The van der Waals surface area contributed by atoms with E-state index in [2.05, 4.69) is 0 Å². The van der Waals surface area contributed by atoms with Crippen molar-refractivity contribution in [2.24, 2.45) is 21.7 Å². The van der Waals surface area contributed by atoms with E-state index in [-0.39, 0.29) is 37.3 Å². The summed E-state index contributed by atoms with van der Waals surface area (Å²) in [5.41, 5.74) is -3.68. The lowest BCUT2D eigenvalue weighted by Gasteiger charge is -2.53. The largest absolute Gasteiger partial charge is 0.462 e. The number of ether oxygens (including phenoxy) is 5. The molecule has 0 bridgehead atoms. The Kier molecular flexibility index (Phi) is 12.7. The van der Waals surface area contributed by atoms with Crippen LogP contribution in [0.2, 0.25) is 0 Å². The molecule has 0 aromatic rings. The molecule has 0 unspecified atom stereocenters. The highest BCUT2D eigenvalue weighted by Crippen LogP contribution is 2.38. The zero-order valence-electron chi connectivity index (χ0n) is 30.6. The molecule has 0 aliphatic carbocycles. The fourth-order valence-electron chi connectivity index (χ4n) is 5.24. The van der Waals surface area contributed by atoms with Gasteiger partial charge in [-0.15, -0.1) is 0 Å². The summed E-state index contributed by atoms with van der Waals surface area (Å²) in [4.78, 5) is 68.2. The van der Waals surface area contributed by atoms with E-state index in [1.54, 1.807) is 83.1 Å². The third kappa shape index (κ3) is 10.2. The van der Waals surface area contributed by atoms with Gasteiger partial charge in [0.2, 0.25) is 0 Å². The van der Waals surface area contributed by atoms with Crippen molar-refractivity contribution in [3.63, 3.8) is 0 Å². The molecule has 2 heterocycles. The summed E-state index contributed by atoms with van der Waals surface area (Å²) >= 11 is 0. The van der Waals surface area contributed by atoms with Gasteiger partial charge in [0.1, 0.15) is 18.5 Å². The molecular weight excluding hydrogens is 594 g/mol. The molecule has 0 aromatic heterocycles. The molecule has 0 amide bonds. The zero-order chi connectivity index (χ0) is 35.6. The number of nitrogens with zero attached hydrogens (tertiary/aromatic N) is 1. The number of carbonyl (C=O) groups excluding carboxylic acids is 5. The predicted molar refractivity (Wildman–Crippen MR) is 171 cm³/mol. The molecule has 2 aliphatic rings. The van der Waals surface area contributed by atoms with Gasteiger partial charge in [-0.05, 0) is 96.4 Å². The summed E-state index contributed by atoms with van der Waals surface area (Å²) < 4.78 is 30.9. The van der Waals surface area contributed by atoms with Crippen LogP contribution in [0.1, 0.15) is 123 Å². The van der Waals surface area contributed by atoms with Crippen LogP contribution in [0, 0.1) is 21.7 Å². The van der Waals surface area contributed by atoms with Crippen LogP contribution in [-0.4, -0.2) is 83.9 Å². The van der Waals surface area contributed by atoms with Crippen molar-refractivity contribution in [1.82, 2.24) is 4.90 Å². The van der Waals surface area contributed by atoms with Gasteiger partial charge in [0.25, 0.3) is 0 Å². The highest BCUT2D eigenvalue weighted by Gasteiger charge is 2.57. The molecule has 2 aliphatic heterocycles. The molecule has 2 saturated heterocycles. The minimum atomic E-state index is -1.33. The number of hydrogen-bond acceptors (Lipinski definition) is 11. The van der Waals surface area contributed by atoms with E-state index in [1.807, 2.05) is 18.7 Å². The number of ketones is 1. The molecule has 2 fully saturated rings.